The number of anilines is 1. The van der Waals surface area contributed by atoms with Crippen LogP contribution in [0.5, 0.6) is 5.75 Å². The molecule has 1 aliphatic rings. The Morgan fingerprint density at radius 2 is 2.33 bits per heavy atom. The van der Waals surface area contributed by atoms with Crippen molar-refractivity contribution < 1.29 is 14.3 Å². The monoisotopic (exact) mass is 292 g/mol. The maximum absolute atomic E-state index is 11.3. The number of carbonyl (C=O) groups excluding carboxylic acids is 1. The van der Waals surface area contributed by atoms with E-state index < -0.39 is 5.91 Å². The third-order valence-corrected chi connectivity index (χ3v) is 3.82. The summed E-state index contributed by atoms with van der Waals surface area (Å²) in [5, 5.41) is 3.47. The molecule has 5 nitrogen and oxygen atoms in total. The first-order valence-electron chi connectivity index (χ1n) is 7.50. The third-order valence-electron chi connectivity index (χ3n) is 3.82. The van der Waals surface area contributed by atoms with Gasteiger partial charge in [-0.3, -0.25) is 4.79 Å². The van der Waals surface area contributed by atoms with E-state index in [0.717, 1.165) is 43.7 Å². The first kappa shape index (κ1) is 15.6. The number of methoxy groups -OCH3 is 1. The quantitative estimate of drug-likeness (QED) is 0.845. The second kappa shape index (κ2) is 7.31. The Balaban J connectivity index is 2.10. The summed E-state index contributed by atoms with van der Waals surface area (Å²) < 4.78 is 11.1. The fourth-order valence-corrected chi connectivity index (χ4v) is 2.73. The molecular formula is C16H24N2O3. The molecule has 1 fully saturated rings. The molecule has 1 heterocycles. The molecule has 116 valence electrons. The molecule has 0 aromatic heterocycles. The van der Waals surface area contributed by atoms with E-state index in [1.54, 1.807) is 25.3 Å². The van der Waals surface area contributed by atoms with E-state index in [0.29, 0.717) is 17.7 Å². The van der Waals surface area contributed by atoms with Crippen molar-refractivity contribution in [2.24, 2.45) is 5.73 Å². The molecule has 1 amide bonds. The SMILES string of the molecule is CCCC1CC(Nc2cc(C(N)=O)ccc2OC)CCO1. The van der Waals surface area contributed by atoms with E-state index >= 15 is 0 Å². The summed E-state index contributed by atoms with van der Waals surface area (Å²) in [6.07, 6.45) is 4.43. The van der Waals surface area contributed by atoms with Crippen LogP contribution >= 0.6 is 0 Å². The zero-order valence-electron chi connectivity index (χ0n) is 12.7. The second-order valence-electron chi connectivity index (χ2n) is 5.43. The minimum atomic E-state index is -0.434. The number of rotatable bonds is 6. The van der Waals surface area contributed by atoms with Crippen molar-refractivity contribution >= 4 is 11.6 Å². The molecule has 2 unspecified atom stereocenters. The lowest BCUT2D eigenvalue weighted by Crippen LogP contribution is -2.34. The standard InChI is InChI=1S/C16H24N2O3/c1-3-4-13-10-12(7-8-21-13)18-14-9-11(16(17)19)5-6-15(14)20-2/h5-6,9,12-13,18H,3-4,7-8,10H2,1-2H3,(H2,17,19). The fourth-order valence-electron chi connectivity index (χ4n) is 2.73. The van der Waals surface area contributed by atoms with Crippen molar-refractivity contribution in [2.75, 3.05) is 19.0 Å². The molecule has 1 aromatic carbocycles. The summed E-state index contributed by atoms with van der Waals surface area (Å²) in [5.74, 6) is 0.287. The van der Waals surface area contributed by atoms with Crippen LogP contribution in [0.2, 0.25) is 0 Å². The molecule has 2 rings (SSSR count). The van der Waals surface area contributed by atoms with E-state index in [1.807, 2.05) is 0 Å². The van der Waals surface area contributed by atoms with Crippen LogP contribution in [0, 0.1) is 0 Å². The van der Waals surface area contributed by atoms with Crippen LogP contribution in [-0.4, -0.2) is 31.8 Å². The van der Waals surface area contributed by atoms with E-state index in [1.165, 1.54) is 0 Å². The number of nitrogens with two attached hydrogens (primary N) is 1. The minimum Gasteiger partial charge on any atom is -0.495 e. The van der Waals surface area contributed by atoms with Crippen LogP contribution < -0.4 is 15.8 Å². The Morgan fingerprint density at radius 1 is 1.52 bits per heavy atom. The minimum absolute atomic E-state index is 0.312. The zero-order chi connectivity index (χ0) is 15.2. The molecule has 1 aliphatic heterocycles. The van der Waals surface area contributed by atoms with E-state index in [-0.39, 0.29) is 0 Å². The Hall–Kier alpha value is -1.75. The molecular weight excluding hydrogens is 268 g/mol. The Kier molecular flexibility index (Phi) is 5.44. The number of carbonyl (C=O) groups is 1. The molecule has 1 aromatic rings. The number of amides is 1. The molecule has 0 saturated carbocycles. The molecule has 0 aliphatic carbocycles. The van der Waals surface area contributed by atoms with Gasteiger partial charge in [0.05, 0.1) is 18.9 Å². The number of benzene rings is 1. The summed E-state index contributed by atoms with van der Waals surface area (Å²) in [6, 6.07) is 5.53. The predicted octanol–water partition coefficient (Wildman–Crippen LogP) is 2.55. The lowest BCUT2D eigenvalue weighted by Gasteiger charge is -2.31. The van der Waals surface area contributed by atoms with E-state index in [4.69, 9.17) is 15.2 Å². The van der Waals surface area contributed by atoms with Gasteiger partial charge in [0.1, 0.15) is 5.75 Å². The number of hydrogen-bond acceptors (Lipinski definition) is 4. The fraction of sp³-hybridized carbons (Fsp3) is 0.562. The highest BCUT2D eigenvalue weighted by molar-refractivity contribution is 5.94. The molecule has 2 atom stereocenters. The van der Waals surface area contributed by atoms with Crippen LogP contribution in [0.25, 0.3) is 0 Å². The first-order chi connectivity index (χ1) is 10.1. The maximum atomic E-state index is 11.3. The highest BCUT2D eigenvalue weighted by Crippen LogP contribution is 2.29. The van der Waals surface area contributed by atoms with Gasteiger partial charge < -0.3 is 20.5 Å². The van der Waals surface area contributed by atoms with Crippen LogP contribution in [0.1, 0.15) is 43.0 Å². The van der Waals surface area contributed by atoms with Crippen molar-refractivity contribution in [3.05, 3.63) is 23.8 Å². The van der Waals surface area contributed by atoms with Crippen molar-refractivity contribution in [3.63, 3.8) is 0 Å². The summed E-state index contributed by atoms with van der Waals surface area (Å²) in [7, 11) is 1.62. The lowest BCUT2D eigenvalue weighted by molar-refractivity contribution is 0.00594. The largest absolute Gasteiger partial charge is 0.495 e. The molecule has 5 heteroatoms. The molecule has 0 radical (unpaired) electrons. The van der Waals surface area contributed by atoms with Crippen molar-refractivity contribution in [2.45, 2.75) is 44.8 Å². The zero-order valence-corrected chi connectivity index (χ0v) is 12.7. The number of ether oxygens (including phenoxy) is 2. The van der Waals surface area contributed by atoms with Gasteiger partial charge in [-0.2, -0.15) is 0 Å². The molecule has 21 heavy (non-hydrogen) atoms. The van der Waals surface area contributed by atoms with E-state index in [9.17, 15) is 4.79 Å². The topological polar surface area (TPSA) is 73.6 Å². The van der Waals surface area contributed by atoms with Gasteiger partial charge in [-0.1, -0.05) is 13.3 Å². The van der Waals surface area contributed by atoms with Crippen molar-refractivity contribution in [1.29, 1.82) is 0 Å². The maximum Gasteiger partial charge on any atom is 0.248 e. The predicted molar refractivity (Wildman–Crippen MR) is 82.8 cm³/mol. The van der Waals surface area contributed by atoms with Gasteiger partial charge in [0.25, 0.3) is 0 Å². The van der Waals surface area contributed by atoms with Crippen LogP contribution in [-0.2, 0) is 4.74 Å². The van der Waals surface area contributed by atoms with Gasteiger partial charge in [0.15, 0.2) is 0 Å². The Labute approximate surface area is 125 Å². The van der Waals surface area contributed by atoms with Gasteiger partial charge in [0.2, 0.25) is 5.91 Å². The summed E-state index contributed by atoms with van der Waals surface area (Å²) in [4.78, 5) is 11.3. The summed E-state index contributed by atoms with van der Waals surface area (Å²) in [6.45, 7) is 2.93. The smallest absolute Gasteiger partial charge is 0.248 e. The highest BCUT2D eigenvalue weighted by Gasteiger charge is 2.22. The second-order valence-corrected chi connectivity index (χ2v) is 5.43. The van der Waals surface area contributed by atoms with Crippen molar-refractivity contribution in [3.8, 4) is 5.75 Å². The average Bonchev–Trinajstić information content (AvgIpc) is 2.48. The Morgan fingerprint density at radius 3 is 3.00 bits per heavy atom. The lowest BCUT2D eigenvalue weighted by atomic mass is 9.99. The van der Waals surface area contributed by atoms with Gasteiger partial charge in [-0.25, -0.2) is 0 Å². The first-order valence-corrected chi connectivity index (χ1v) is 7.50. The van der Waals surface area contributed by atoms with E-state index in [2.05, 4.69) is 12.2 Å². The molecule has 0 spiro atoms. The number of primary amides is 1. The van der Waals surface area contributed by atoms with Crippen LogP contribution in [0.15, 0.2) is 18.2 Å². The van der Waals surface area contributed by atoms with Crippen LogP contribution in [0.4, 0.5) is 5.69 Å². The third kappa shape index (κ3) is 4.11. The summed E-state index contributed by atoms with van der Waals surface area (Å²) >= 11 is 0. The molecule has 3 N–H and O–H groups in total. The normalized spacial score (nSPS) is 21.8. The summed E-state index contributed by atoms with van der Waals surface area (Å²) in [5.41, 5.74) is 6.64. The van der Waals surface area contributed by atoms with Crippen LogP contribution in [0.3, 0.4) is 0 Å². The van der Waals surface area contributed by atoms with Gasteiger partial charge in [-0.15, -0.1) is 0 Å². The molecule has 0 bridgehead atoms. The van der Waals surface area contributed by atoms with Gasteiger partial charge in [0, 0.05) is 18.2 Å². The van der Waals surface area contributed by atoms with Gasteiger partial charge >= 0.3 is 0 Å². The van der Waals surface area contributed by atoms with Crippen molar-refractivity contribution in [1.82, 2.24) is 0 Å². The number of hydrogen-bond donors (Lipinski definition) is 2. The Bertz CT molecular complexity index is 488. The number of nitrogens with one attached hydrogen (secondary N) is 1. The highest BCUT2D eigenvalue weighted by atomic mass is 16.5. The molecule has 1 saturated heterocycles. The average molecular weight is 292 g/mol. The van der Waals surface area contributed by atoms with Gasteiger partial charge in [-0.05, 0) is 37.5 Å².